The average Bonchev–Trinajstić information content (AvgIpc) is 2.18. The first-order valence-corrected chi connectivity index (χ1v) is 6.12. The minimum Gasteiger partial charge on any atom is -0.399 e. The van der Waals surface area contributed by atoms with Crippen LogP contribution < -0.4 is 5.73 Å². The Bertz CT molecular complexity index is 388. The zero-order valence-electron chi connectivity index (χ0n) is 11.9. The summed E-state index contributed by atoms with van der Waals surface area (Å²) in [7, 11) is 0. The molecule has 0 unspecified atom stereocenters. The lowest BCUT2D eigenvalue weighted by Crippen LogP contribution is -2.39. The maximum absolute atomic E-state index is 6.06. The van der Waals surface area contributed by atoms with Gasteiger partial charge in [-0.25, -0.2) is 0 Å². The van der Waals surface area contributed by atoms with E-state index in [0.717, 1.165) is 5.69 Å². The number of nitrogens with two attached hydrogens (primary N) is 1. The van der Waals surface area contributed by atoms with Crippen LogP contribution in [0.2, 0.25) is 0 Å². The highest BCUT2D eigenvalue weighted by atomic mass is 16.5. The summed E-state index contributed by atoms with van der Waals surface area (Å²) in [5.41, 5.74) is 8.94. The number of anilines is 1. The fourth-order valence-corrected chi connectivity index (χ4v) is 1.32. The summed E-state index contributed by atoms with van der Waals surface area (Å²) in [5, 5.41) is 0. The molecule has 0 aromatic heterocycles. The molecule has 0 spiro atoms. The van der Waals surface area contributed by atoms with E-state index in [0.29, 0.717) is 6.61 Å². The highest BCUT2D eigenvalue weighted by Crippen LogP contribution is 2.34. The van der Waals surface area contributed by atoms with Gasteiger partial charge in [0.1, 0.15) is 0 Å². The topological polar surface area (TPSA) is 35.2 Å². The van der Waals surface area contributed by atoms with Crippen LogP contribution in [0.5, 0.6) is 0 Å². The predicted molar refractivity (Wildman–Crippen MR) is 73.9 cm³/mol. The van der Waals surface area contributed by atoms with E-state index in [4.69, 9.17) is 10.5 Å². The summed E-state index contributed by atoms with van der Waals surface area (Å²) in [5.74, 6) is 0. The maximum Gasteiger partial charge on any atom is 0.0727 e. The Morgan fingerprint density at radius 1 is 1.12 bits per heavy atom. The van der Waals surface area contributed by atoms with Gasteiger partial charge in [-0.1, -0.05) is 26.8 Å². The highest BCUT2D eigenvalue weighted by Gasteiger charge is 2.33. The Labute approximate surface area is 105 Å². The molecule has 1 rings (SSSR count). The Morgan fingerprint density at radius 2 is 1.71 bits per heavy atom. The first-order valence-electron chi connectivity index (χ1n) is 6.12. The summed E-state index contributed by atoms with van der Waals surface area (Å²) in [6.45, 7) is 13.5. The molecule has 17 heavy (non-hydrogen) atoms. The minimum absolute atomic E-state index is 0.112. The number of benzene rings is 1. The van der Waals surface area contributed by atoms with Crippen molar-refractivity contribution < 1.29 is 4.74 Å². The molecule has 0 saturated carbocycles. The Hall–Kier alpha value is -1.02. The standard InChI is InChI=1S/C15H25NO/c1-11-7-8-13(16)9-12(11)10-17-15(5,6)14(2,3)4/h7-9H,10,16H2,1-6H3. The first kappa shape index (κ1) is 14.0. The highest BCUT2D eigenvalue weighted by molar-refractivity contribution is 5.44. The van der Waals surface area contributed by atoms with E-state index in [1.807, 2.05) is 18.2 Å². The van der Waals surface area contributed by atoms with Crippen LogP contribution in [-0.4, -0.2) is 5.60 Å². The van der Waals surface area contributed by atoms with Crippen molar-refractivity contribution >= 4 is 5.69 Å². The second-order valence-corrected chi connectivity index (χ2v) is 6.23. The van der Waals surface area contributed by atoms with E-state index in [1.54, 1.807) is 0 Å². The number of hydrogen-bond acceptors (Lipinski definition) is 2. The molecule has 1 aromatic rings. The molecule has 1 aromatic carbocycles. The monoisotopic (exact) mass is 235 g/mol. The maximum atomic E-state index is 6.06. The molecule has 0 amide bonds. The largest absolute Gasteiger partial charge is 0.399 e. The van der Waals surface area contributed by atoms with Crippen LogP contribution in [0.25, 0.3) is 0 Å². The lowest BCUT2D eigenvalue weighted by molar-refractivity contribution is -0.0997. The molecule has 96 valence electrons. The smallest absolute Gasteiger partial charge is 0.0727 e. The van der Waals surface area contributed by atoms with Crippen LogP contribution in [0.1, 0.15) is 45.7 Å². The van der Waals surface area contributed by atoms with Crippen molar-refractivity contribution in [1.82, 2.24) is 0 Å². The fourth-order valence-electron chi connectivity index (χ4n) is 1.32. The molecule has 0 saturated heterocycles. The van der Waals surface area contributed by atoms with Crippen molar-refractivity contribution in [3.05, 3.63) is 29.3 Å². The summed E-state index contributed by atoms with van der Waals surface area (Å²) in [6, 6.07) is 5.96. The van der Waals surface area contributed by atoms with Gasteiger partial charge in [0.05, 0.1) is 12.2 Å². The van der Waals surface area contributed by atoms with E-state index in [1.165, 1.54) is 11.1 Å². The second kappa shape index (κ2) is 4.69. The molecule has 0 aliphatic heterocycles. The summed E-state index contributed by atoms with van der Waals surface area (Å²) >= 11 is 0. The van der Waals surface area contributed by atoms with Crippen molar-refractivity contribution in [2.24, 2.45) is 5.41 Å². The SMILES string of the molecule is Cc1ccc(N)cc1COC(C)(C)C(C)(C)C. The number of aryl methyl sites for hydroxylation is 1. The predicted octanol–water partition coefficient (Wildman–Crippen LogP) is 3.92. The summed E-state index contributed by atoms with van der Waals surface area (Å²) in [6.07, 6.45) is 0. The van der Waals surface area contributed by atoms with Crippen molar-refractivity contribution in [3.63, 3.8) is 0 Å². The van der Waals surface area contributed by atoms with Gasteiger partial charge in [0, 0.05) is 5.69 Å². The van der Waals surface area contributed by atoms with Crippen LogP contribution in [0.3, 0.4) is 0 Å². The normalized spacial score (nSPS) is 12.8. The quantitative estimate of drug-likeness (QED) is 0.806. The molecule has 0 fully saturated rings. The van der Waals surface area contributed by atoms with E-state index >= 15 is 0 Å². The second-order valence-electron chi connectivity index (χ2n) is 6.23. The molecule has 0 heterocycles. The van der Waals surface area contributed by atoms with Crippen LogP contribution in [0.15, 0.2) is 18.2 Å². The number of nitrogen functional groups attached to an aromatic ring is 1. The van der Waals surface area contributed by atoms with E-state index < -0.39 is 0 Å². The van der Waals surface area contributed by atoms with E-state index in [9.17, 15) is 0 Å². The lowest BCUT2D eigenvalue weighted by Gasteiger charge is -2.38. The Kier molecular flexibility index (Phi) is 3.88. The van der Waals surface area contributed by atoms with Crippen LogP contribution >= 0.6 is 0 Å². The molecule has 0 bridgehead atoms. The van der Waals surface area contributed by atoms with Crippen molar-refractivity contribution in [2.75, 3.05) is 5.73 Å². The third-order valence-electron chi connectivity index (χ3n) is 3.77. The lowest BCUT2D eigenvalue weighted by atomic mass is 9.79. The van der Waals surface area contributed by atoms with Crippen molar-refractivity contribution in [3.8, 4) is 0 Å². The van der Waals surface area contributed by atoms with Gasteiger partial charge in [0.25, 0.3) is 0 Å². The Morgan fingerprint density at radius 3 is 2.24 bits per heavy atom. The molecule has 2 heteroatoms. The molecule has 0 aliphatic rings. The molecular weight excluding hydrogens is 210 g/mol. The van der Waals surface area contributed by atoms with Gasteiger partial charge in [-0.2, -0.15) is 0 Å². The van der Waals surface area contributed by atoms with Gasteiger partial charge >= 0.3 is 0 Å². The summed E-state index contributed by atoms with van der Waals surface area (Å²) in [4.78, 5) is 0. The van der Waals surface area contributed by atoms with Crippen molar-refractivity contribution in [1.29, 1.82) is 0 Å². The van der Waals surface area contributed by atoms with Crippen LogP contribution in [0, 0.1) is 12.3 Å². The van der Waals surface area contributed by atoms with Crippen LogP contribution in [0.4, 0.5) is 5.69 Å². The molecule has 2 nitrogen and oxygen atoms in total. The third-order valence-corrected chi connectivity index (χ3v) is 3.77. The zero-order valence-corrected chi connectivity index (χ0v) is 11.9. The van der Waals surface area contributed by atoms with Gasteiger partial charge in [-0.15, -0.1) is 0 Å². The molecule has 0 atom stereocenters. The zero-order chi connectivity index (χ0) is 13.3. The molecular formula is C15H25NO. The van der Waals surface area contributed by atoms with E-state index in [-0.39, 0.29) is 11.0 Å². The Balaban J connectivity index is 2.77. The minimum atomic E-state index is -0.163. The van der Waals surface area contributed by atoms with Gasteiger partial charge in [-0.05, 0) is 49.4 Å². The average molecular weight is 235 g/mol. The van der Waals surface area contributed by atoms with Gasteiger partial charge < -0.3 is 10.5 Å². The fraction of sp³-hybridized carbons (Fsp3) is 0.600. The molecule has 0 radical (unpaired) electrons. The number of hydrogen-bond donors (Lipinski definition) is 1. The van der Waals surface area contributed by atoms with Gasteiger partial charge in [-0.3, -0.25) is 0 Å². The van der Waals surface area contributed by atoms with E-state index in [2.05, 4.69) is 41.5 Å². The van der Waals surface area contributed by atoms with Crippen molar-refractivity contribution in [2.45, 2.75) is 53.8 Å². The number of ether oxygens (including phenoxy) is 1. The van der Waals surface area contributed by atoms with Gasteiger partial charge in [0.2, 0.25) is 0 Å². The first-order chi connectivity index (χ1) is 7.63. The molecule has 2 N–H and O–H groups in total. The molecule has 0 aliphatic carbocycles. The number of rotatable bonds is 3. The third kappa shape index (κ3) is 3.47. The van der Waals surface area contributed by atoms with Crippen LogP contribution in [-0.2, 0) is 11.3 Å². The van der Waals surface area contributed by atoms with Gasteiger partial charge in [0.15, 0.2) is 0 Å². The summed E-state index contributed by atoms with van der Waals surface area (Å²) < 4.78 is 6.06.